The molecule has 0 aliphatic rings. The molecule has 104 valence electrons. The van der Waals surface area contributed by atoms with E-state index in [0.29, 0.717) is 5.56 Å². The van der Waals surface area contributed by atoms with E-state index in [4.69, 9.17) is 10.00 Å². The van der Waals surface area contributed by atoms with Crippen molar-refractivity contribution in [1.82, 2.24) is 5.32 Å². The minimum absolute atomic E-state index is 0.678. The highest BCUT2D eigenvalue weighted by atomic mass is 32.2. The summed E-state index contributed by atoms with van der Waals surface area (Å²) in [6.45, 7) is 1.76. The van der Waals surface area contributed by atoms with Crippen molar-refractivity contribution in [2.24, 2.45) is 0 Å². The Morgan fingerprint density at radius 2 is 2.16 bits per heavy atom. The van der Waals surface area contributed by atoms with E-state index in [1.807, 2.05) is 23.9 Å². The molecule has 0 unspecified atom stereocenters. The van der Waals surface area contributed by atoms with E-state index in [9.17, 15) is 0 Å². The number of thioether (sulfide) groups is 1. The van der Waals surface area contributed by atoms with Crippen LogP contribution in [-0.4, -0.2) is 25.7 Å². The van der Waals surface area contributed by atoms with Gasteiger partial charge in [-0.15, -0.1) is 0 Å². The molecular weight excluding hydrogens is 256 g/mol. The van der Waals surface area contributed by atoms with Crippen molar-refractivity contribution in [3.05, 3.63) is 29.3 Å². The topological polar surface area (TPSA) is 45.0 Å². The van der Waals surface area contributed by atoms with Gasteiger partial charge in [-0.2, -0.15) is 17.0 Å². The van der Waals surface area contributed by atoms with E-state index >= 15 is 0 Å². The molecule has 0 radical (unpaired) electrons. The second-order valence-electron chi connectivity index (χ2n) is 4.37. The van der Waals surface area contributed by atoms with Crippen LogP contribution in [-0.2, 0) is 6.54 Å². The monoisotopic (exact) mass is 278 g/mol. The molecule has 0 spiro atoms. The molecule has 0 aliphatic heterocycles. The summed E-state index contributed by atoms with van der Waals surface area (Å²) in [7, 11) is 1.66. The number of ether oxygens (including phenoxy) is 1. The van der Waals surface area contributed by atoms with Gasteiger partial charge >= 0.3 is 0 Å². The Kier molecular flexibility index (Phi) is 8.11. The molecule has 1 rings (SSSR count). The Hall–Kier alpha value is -1.18. The molecule has 0 saturated carbocycles. The molecule has 0 amide bonds. The van der Waals surface area contributed by atoms with Crippen LogP contribution in [0, 0.1) is 11.3 Å². The smallest absolute Gasteiger partial charge is 0.123 e. The zero-order chi connectivity index (χ0) is 13.9. The van der Waals surface area contributed by atoms with E-state index in [1.165, 1.54) is 25.0 Å². The van der Waals surface area contributed by atoms with E-state index in [0.717, 1.165) is 24.4 Å². The average molecular weight is 278 g/mol. The number of benzene rings is 1. The zero-order valence-corrected chi connectivity index (χ0v) is 12.6. The average Bonchev–Trinajstić information content (AvgIpc) is 2.46. The lowest BCUT2D eigenvalue weighted by Gasteiger charge is -2.10. The number of nitrogens with one attached hydrogen (secondary N) is 1. The fourth-order valence-electron chi connectivity index (χ4n) is 1.88. The van der Waals surface area contributed by atoms with Crippen LogP contribution in [0.4, 0.5) is 0 Å². The summed E-state index contributed by atoms with van der Waals surface area (Å²) in [4.78, 5) is 0. The van der Waals surface area contributed by atoms with Gasteiger partial charge in [0.15, 0.2) is 0 Å². The Balaban J connectivity index is 2.34. The number of nitriles is 1. The van der Waals surface area contributed by atoms with Crippen LogP contribution in [0.1, 0.15) is 30.4 Å². The van der Waals surface area contributed by atoms with Gasteiger partial charge in [0, 0.05) is 12.1 Å². The third-order valence-electron chi connectivity index (χ3n) is 2.93. The van der Waals surface area contributed by atoms with Crippen molar-refractivity contribution in [3.8, 4) is 11.8 Å². The molecule has 0 fully saturated rings. The molecule has 0 aromatic heterocycles. The maximum absolute atomic E-state index is 8.90. The summed E-state index contributed by atoms with van der Waals surface area (Å²) in [5, 5.41) is 12.3. The first-order chi connectivity index (χ1) is 9.31. The van der Waals surface area contributed by atoms with E-state index in [1.54, 1.807) is 13.2 Å². The van der Waals surface area contributed by atoms with Crippen LogP contribution in [0.15, 0.2) is 18.2 Å². The number of unbranched alkanes of at least 4 members (excludes halogenated alkanes) is 2. The molecule has 0 heterocycles. The van der Waals surface area contributed by atoms with Gasteiger partial charge in [0.1, 0.15) is 5.75 Å². The third kappa shape index (κ3) is 6.00. The van der Waals surface area contributed by atoms with E-state index < -0.39 is 0 Å². The minimum atomic E-state index is 0.678. The summed E-state index contributed by atoms with van der Waals surface area (Å²) >= 11 is 1.90. The van der Waals surface area contributed by atoms with Gasteiger partial charge < -0.3 is 10.1 Å². The van der Waals surface area contributed by atoms with Crippen molar-refractivity contribution in [2.45, 2.75) is 25.8 Å². The highest BCUT2D eigenvalue weighted by Gasteiger charge is 2.03. The van der Waals surface area contributed by atoms with Crippen LogP contribution in [0.5, 0.6) is 5.75 Å². The summed E-state index contributed by atoms with van der Waals surface area (Å²) in [5.74, 6) is 2.09. The lowest BCUT2D eigenvalue weighted by Crippen LogP contribution is -2.15. The van der Waals surface area contributed by atoms with Gasteiger partial charge in [-0.25, -0.2) is 0 Å². The van der Waals surface area contributed by atoms with E-state index in [2.05, 4.69) is 17.6 Å². The lowest BCUT2D eigenvalue weighted by molar-refractivity contribution is 0.407. The van der Waals surface area contributed by atoms with Gasteiger partial charge in [-0.05, 0) is 49.6 Å². The van der Waals surface area contributed by atoms with Crippen molar-refractivity contribution in [3.63, 3.8) is 0 Å². The second kappa shape index (κ2) is 9.71. The number of nitrogens with zero attached hydrogens (tertiary/aromatic N) is 1. The molecule has 1 aromatic carbocycles. The number of hydrogen-bond donors (Lipinski definition) is 1. The highest BCUT2D eigenvalue weighted by Crippen LogP contribution is 2.19. The van der Waals surface area contributed by atoms with Crippen LogP contribution >= 0.6 is 11.8 Å². The van der Waals surface area contributed by atoms with Crippen LogP contribution < -0.4 is 10.1 Å². The van der Waals surface area contributed by atoms with Crippen molar-refractivity contribution in [2.75, 3.05) is 25.7 Å². The first-order valence-corrected chi connectivity index (χ1v) is 7.98. The first kappa shape index (κ1) is 15.9. The fourth-order valence-corrected chi connectivity index (χ4v) is 2.38. The molecule has 0 aliphatic carbocycles. The Labute approximate surface area is 120 Å². The molecule has 0 saturated heterocycles. The molecule has 3 nitrogen and oxygen atoms in total. The van der Waals surface area contributed by atoms with Crippen LogP contribution in [0.25, 0.3) is 0 Å². The molecule has 0 atom stereocenters. The first-order valence-electron chi connectivity index (χ1n) is 6.58. The molecule has 4 heteroatoms. The Morgan fingerprint density at radius 1 is 1.32 bits per heavy atom. The van der Waals surface area contributed by atoms with Gasteiger partial charge in [-0.1, -0.05) is 6.42 Å². The molecule has 19 heavy (non-hydrogen) atoms. The summed E-state index contributed by atoms with van der Waals surface area (Å²) < 4.78 is 5.30. The number of rotatable bonds is 9. The molecular formula is C15H22N2OS. The summed E-state index contributed by atoms with van der Waals surface area (Å²) in [5.41, 5.74) is 1.73. The van der Waals surface area contributed by atoms with Crippen LogP contribution in [0.2, 0.25) is 0 Å². The number of hydrogen-bond acceptors (Lipinski definition) is 4. The zero-order valence-electron chi connectivity index (χ0n) is 11.7. The predicted octanol–water partition coefficient (Wildman–Crippen LogP) is 3.19. The van der Waals surface area contributed by atoms with Crippen LogP contribution in [0.3, 0.4) is 0 Å². The van der Waals surface area contributed by atoms with Gasteiger partial charge in [0.05, 0.1) is 18.7 Å². The normalized spacial score (nSPS) is 10.2. The summed E-state index contributed by atoms with van der Waals surface area (Å²) in [6.07, 6.45) is 5.90. The molecule has 0 bridgehead atoms. The minimum Gasteiger partial charge on any atom is -0.496 e. The maximum atomic E-state index is 8.90. The fraction of sp³-hybridized carbons (Fsp3) is 0.533. The molecule has 1 N–H and O–H groups in total. The third-order valence-corrected chi connectivity index (χ3v) is 3.62. The van der Waals surface area contributed by atoms with Crippen molar-refractivity contribution < 1.29 is 4.74 Å². The van der Waals surface area contributed by atoms with E-state index in [-0.39, 0.29) is 0 Å². The van der Waals surface area contributed by atoms with Gasteiger partial charge in [0.25, 0.3) is 0 Å². The van der Waals surface area contributed by atoms with Gasteiger partial charge in [-0.3, -0.25) is 0 Å². The standard InChI is InChI=1S/C15H22N2OS/c1-18-15-7-6-13(11-16)10-14(15)12-17-8-4-3-5-9-19-2/h6-7,10,17H,3-5,8-9,12H2,1-2H3. The largest absolute Gasteiger partial charge is 0.496 e. The maximum Gasteiger partial charge on any atom is 0.123 e. The Bertz CT molecular complexity index is 415. The van der Waals surface area contributed by atoms with Crippen molar-refractivity contribution in [1.29, 1.82) is 5.26 Å². The lowest BCUT2D eigenvalue weighted by atomic mass is 10.1. The van der Waals surface area contributed by atoms with Gasteiger partial charge in [0.2, 0.25) is 0 Å². The SMILES string of the molecule is COc1ccc(C#N)cc1CNCCCCCSC. The highest BCUT2D eigenvalue weighted by molar-refractivity contribution is 7.98. The summed E-state index contributed by atoms with van der Waals surface area (Å²) in [6, 6.07) is 7.68. The quantitative estimate of drug-likeness (QED) is 0.705. The Morgan fingerprint density at radius 3 is 2.84 bits per heavy atom. The molecule has 1 aromatic rings. The number of methoxy groups -OCH3 is 1. The second-order valence-corrected chi connectivity index (χ2v) is 5.35. The predicted molar refractivity (Wildman–Crippen MR) is 81.6 cm³/mol. The van der Waals surface area contributed by atoms with Crippen molar-refractivity contribution >= 4 is 11.8 Å².